The molecule has 23 heavy (non-hydrogen) atoms. The summed E-state index contributed by atoms with van der Waals surface area (Å²) >= 11 is 0. The number of benzene rings is 2. The molecule has 2 aromatic carbocycles. The zero-order valence-corrected chi connectivity index (χ0v) is 13.4. The molecule has 4 nitrogen and oxygen atoms in total. The van der Waals surface area contributed by atoms with E-state index < -0.39 is 0 Å². The van der Waals surface area contributed by atoms with Crippen LogP contribution in [-0.2, 0) is 11.2 Å². The van der Waals surface area contributed by atoms with Gasteiger partial charge in [0.05, 0.1) is 19.6 Å². The number of nitrogens with zero attached hydrogens (tertiary/aromatic N) is 1. The van der Waals surface area contributed by atoms with Crippen LogP contribution in [0.5, 0.6) is 5.75 Å². The van der Waals surface area contributed by atoms with E-state index in [-0.39, 0.29) is 11.9 Å². The number of carbonyl (C=O) groups excluding carboxylic acids is 1. The lowest BCUT2D eigenvalue weighted by Crippen LogP contribution is -2.49. The summed E-state index contributed by atoms with van der Waals surface area (Å²) in [5.74, 6) is 0.993. The second-order valence-corrected chi connectivity index (χ2v) is 5.71. The summed E-state index contributed by atoms with van der Waals surface area (Å²) in [6, 6.07) is 17.9. The molecule has 1 heterocycles. The molecular weight excluding hydrogens is 288 g/mol. The maximum Gasteiger partial charge on any atom is 0.227 e. The van der Waals surface area contributed by atoms with Crippen molar-refractivity contribution in [1.82, 2.24) is 10.2 Å². The molecule has 120 valence electrons. The fourth-order valence-corrected chi connectivity index (χ4v) is 3.09. The molecular formula is C19H22N2O2. The molecule has 1 aliphatic rings. The van der Waals surface area contributed by atoms with Crippen LogP contribution in [-0.4, -0.2) is 37.6 Å². The SMILES string of the molecule is COc1ccccc1C1CNCCN1C(=O)Cc1ccccc1. The average molecular weight is 310 g/mol. The second-order valence-electron chi connectivity index (χ2n) is 5.71. The minimum Gasteiger partial charge on any atom is -0.496 e. The maximum absolute atomic E-state index is 12.8. The van der Waals surface area contributed by atoms with E-state index in [1.807, 2.05) is 59.5 Å². The molecule has 4 heteroatoms. The Bertz CT molecular complexity index is 657. The number of hydrogen-bond donors (Lipinski definition) is 1. The summed E-state index contributed by atoms with van der Waals surface area (Å²) in [4.78, 5) is 14.8. The Morgan fingerprint density at radius 2 is 1.91 bits per heavy atom. The zero-order chi connectivity index (χ0) is 16.1. The van der Waals surface area contributed by atoms with Crippen LogP contribution >= 0.6 is 0 Å². The number of nitrogens with one attached hydrogen (secondary N) is 1. The van der Waals surface area contributed by atoms with Gasteiger partial charge in [-0.2, -0.15) is 0 Å². The normalized spacial score (nSPS) is 17.8. The molecule has 1 N–H and O–H groups in total. The standard InChI is InChI=1S/C19H22N2O2/c1-23-18-10-6-5-9-16(18)17-14-20-11-12-21(17)19(22)13-15-7-3-2-4-8-15/h2-10,17,20H,11-14H2,1H3. The Balaban J connectivity index is 1.82. The molecule has 1 atom stereocenters. The Morgan fingerprint density at radius 1 is 1.17 bits per heavy atom. The van der Waals surface area contributed by atoms with Crippen molar-refractivity contribution in [3.05, 3.63) is 65.7 Å². The first kappa shape index (κ1) is 15.6. The van der Waals surface area contributed by atoms with Gasteiger partial charge in [-0.25, -0.2) is 0 Å². The molecule has 3 rings (SSSR count). The summed E-state index contributed by atoms with van der Waals surface area (Å²) in [7, 11) is 1.67. The molecule has 0 bridgehead atoms. The minimum atomic E-state index is 0.0103. The number of amides is 1. The molecule has 1 amide bonds. The van der Waals surface area contributed by atoms with E-state index in [0.29, 0.717) is 13.0 Å². The molecule has 0 spiro atoms. The Labute approximate surface area is 137 Å². The molecule has 1 saturated heterocycles. The van der Waals surface area contributed by atoms with Gasteiger partial charge in [0.1, 0.15) is 5.75 Å². The third-order valence-corrected chi connectivity index (χ3v) is 4.26. The quantitative estimate of drug-likeness (QED) is 0.943. The third-order valence-electron chi connectivity index (χ3n) is 4.26. The molecule has 0 radical (unpaired) electrons. The van der Waals surface area contributed by atoms with Crippen LogP contribution < -0.4 is 10.1 Å². The van der Waals surface area contributed by atoms with Crippen molar-refractivity contribution in [2.45, 2.75) is 12.5 Å². The Morgan fingerprint density at radius 3 is 2.70 bits per heavy atom. The van der Waals surface area contributed by atoms with Crippen molar-refractivity contribution < 1.29 is 9.53 Å². The van der Waals surface area contributed by atoms with Crippen LogP contribution in [0.25, 0.3) is 0 Å². The fourth-order valence-electron chi connectivity index (χ4n) is 3.09. The highest BCUT2D eigenvalue weighted by Crippen LogP contribution is 2.30. The van der Waals surface area contributed by atoms with Crippen molar-refractivity contribution in [2.75, 3.05) is 26.7 Å². The molecule has 0 aliphatic carbocycles. The Kier molecular flexibility index (Phi) is 4.93. The molecule has 0 saturated carbocycles. The first-order valence-corrected chi connectivity index (χ1v) is 7.96. The van der Waals surface area contributed by atoms with Gasteiger partial charge in [-0.1, -0.05) is 48.5 Å². The lowest BCUT2D eigenvalue weighted by molar-refractivity contribution is -0.133. The number of hydrogen-bond acceptors (Lipinski definition) is 3. The monoisotopic (exact) mass is 310 g/mol. The van der Waals surface area contributed by atoms with E-state index in [9.17, 15) is 4.79 Å². The van der Waals surface area contributed by atoms with E-state index >= 15 is 0 Å². The topological polar surface area (TPSA) is 41.6 Å². The van der Waals surface area contributed by atoms with Crippen molar-refractivity contribution in [1.29, 1.82) is 0 Å². The van der Waals surface area contributed by atoms with E-state index in [2.05, 4.69) is 5.32 Å². The van der Waals surface area contributed by atoms with E-state index in [1.165, 1.54) is 0 Å². The first-order valence-electron chi connectivity index (χ1n) is 7.96. The van der Waals surface area contributed by atoms with Gasteiger partial charge in [-0.15, -0.1) is 0 Å². The smallest absolute Gasteiger partial charge is 0.227 e. The van der Waals surface area contributed by atoms with Crippen molar-refractivity contribution >= 4 is 5.91 Å². The van der Waals surface area contributed by atoms with Gasteiger partial charge in [-0.05, 0) is 11.6 Å². The van der Waals surface area contributed by atoms with Gasteiger partial charge in [0.25, 0.3) is 0 Å². The lowest BCUT2D eigenvalue weighted by Gasteiger charge is -2.37. The van der Waals surface area contributed by atoms with Crippen LogP contribution in [0.3, 0.4) is 0 Å². The number of rotatable bonds is 4. The summed E-state index contributed by atoms with van der Waals surface area (Å²) in [5, 5.41) is 3.38. The minimum absolute atomic E-state index is 0.0103. The number of methoxy groups -OCH3 is 1. The number of piperazine rings is 1. The summed E-state index contributed by atoms with van der Waals surface area (Å²) in [6.07, 6.45) is 0.437. The van der Waals surface area contributed by atoms with Gasteiger partial charge in [0, 0.05) is 25.2 Å². The largest absolute Gasteiger partial charge is 0.496 e. The van der Waals surface area contributed by atoms with Crippen molar-refractivity contribution in [3.8, 4) is 5.75 Å². The van der Waals surface area contributed by atoms with Gasteiger partial charge in [0.2, 0.25) is 5.91 Å². The van der Waals surface area contributed by atoms with Crippen LogP contribution in [0.15, 0.2) is 54.6 Å². The van der Waals surface area contributed by atoms with Crippen molar-refractivity contribution in [2.24, 2.45) is 0 Å². The summed E-state index contributed by atoms with van der Waals surface area (Å²) in [6.45, 7) is 2.29. The van der Waals surface area contributed by atoms with Crippen LogP contribution in [0.4, 0.5) is 0 Å². The number of para-hydroxylation sites is 1. The first-order chi connectivity index (χ1) is 11.3. The van der Waals surface area contributed by atoms with E-state index in [4.69, 9.17) is 4.74 Å². The molecule has 0 aromatic heterocycles. The highest BCUT2D eigenvalue weighted by atomic mass is 16.5. The van der Waals surface area contributed by atoms with Crippen molar-refractivity contribution in [3.63, 3.8) is 0 Å². The second kappa shape index (κ2) is 7.29. The molecule has 1 unspecified atom stereocenters. The molecule has 1 fully saturated rings. The Hall–Kier alpha value is -2.33. The van der Waals surface area contributed by atoms with Gasteiger partial charge in [0.15, 0.2) is 0 Å². The van der Waals surface area contributed by atoms with Crippen LogP contribution in [0.2, 0.25) is 0 Å². The number of ether oxygens (including phenoxy) is 1. The third kappa shape index (κ3) is 3.54. The van der Waals surface area contributed by atoms with E-state index in [1.54, 1.807) is 7.11 Å². The lowest BCUT2D eigenvalue weighted by atomic mass is 10.0. The van der Waals surface area contributed by atoms with Gasteiger partial charge < -0.3 is 15.0 Å². The van der Waals surface area contributed by atoms with Gasteiger partial charge in [-0.3, -0.25) is 4.79 Å². The predicted octanol–water partition coefficient (Wildman–Crippen LogP) is 2.41. The maximum atomic E-state index is 12.8. The van der Waals surface area contributed by atoms with Crippen LogP contribution in [0, 0.1) is 0 Å². The average Bonchev–Trinajstić information content (AvgIpc) is 2.62. The predicted molar refractivity (Wildman–Crippen MR) is 90.5 cm³/mol. The van der Waals surface area contributed by atoms with Crippen LogP contribution in [0.1, 0.15) is 17.2 Å². The number of carbonyl (C=O) groups is 1. The van der Waals surface area contributed by atoms with E-state index in [0.717, 1.165) is 30.0 Å². The summed E-state index contributed by atoms with van der Waals surface area (Å²) in [5.41, 5.74) is 2.11. The summed E-state index contributed by atoms with van der Waals surface area (Å²) < 4.78 is 5.48. The highest BCUT2D eigenvalue weighted by Gasteiger charge is 2.29. The fraction of sp³-hybridized carbons (Fsp3) is 0.316. The highest BCUT2D eigenvalue weighted by molar-refractivity contribution is 5.79. The molecule has 1 aliphatic heterocycles. The van der Waals surface area contributed by atoms with Gasteiger partial charge >= 0.3 is 0 Å². The molecule has 2 aromatic rings. The zero-order valence-electron chi connectivity index (χ0n) is 13.4.